The molecule has 0 amide bonds. The van der Waals surface area contributed by atoms with Gasteiger partial charge in [0, 0.05) is 24.3 Å². The molecule has 0 unspecified atom stereocenters. The fourth-order valence-electron chi connectivity index (χ4n) is 5.82. The van der Waals surface area contributed by atoms with Crippen LogP contribution >= 0.6 is 11.3 Å². The van der Waals surface area contributed by atoms with Gasteiger partial charge in [-0.15, -0.1) is 11.3 Å². The van der Waals surface area contributed by atoms with Crippen LogP contribution in [0.1, 0.15) is 85.9 Å². The maximum Gasteiger partial charge on any atom is 0.346 e. The topological polar surface area (TPSA) is 63.6 Å². The van der Waals surface area contributed by atoms with Crippen LogP contribution in [-0.4, -0.2) is 30.1 Å². The van der Waals surface area contributed by atoms with Crippen molar-refractivity contribution in [3.8, 4) is 10.4 Å². The molecule has 5 heteroatoms. The maximum absolute atomic E-state index is 13.4. The van der Waals surface area contributed by atoms with Crippen LogP contribution in [-0.2, 0) is 9.53 Å². The lowest BCUT2D eigenvalue weighted by atomic mass is 9.71. The van der Waals surface area contributed by atoms with E-state index in [0.717, 1.165) is 67.4 Å². The summed E-state index contributed by atoms with van der Waals surface area (Å²) in [6.45, 7) is 2.27. The van der Waals surface area contributed by atoms with Crippen molar-refractivity contribution >= 4 is 23.1 Å². The third-order valence-electron chi connectivity index (χ3n) is 7.93. The molecule has 2 saturated carbocycles. The monoisotopic (exact) mass is 468 g/mol. The molecule has 2 aliphatic carbocycles. The van der Waals surface area contributed by atoms with Gasteiger partial charge in [-0.25, -0.2) is 4.79 Å². The molecule has 178 valence electrons. The van der Waals surface area contributed by atoms with Crippen molar-refractivity contribution in [2.45, 2.75) is 76.7 Å². The van der Waals surface area contributed by atoms with Crippen LogP contribution in [0.25, 0.3) is 10.4 Å². The van der Waals surface area contributed by atoms with Crippen LogP contribution in [0, 0.1) is 17.8 Å². The largest absolute Gasteiger partial charge is 0.477 e. The minimum absolute atomic E-state index is 0.0329. The van der Waals surface area contributed by atoms with Crippen LogP contribution in [0.4, 0.5) is 0 Å². The summed E-state index contributed by atoms with van der Waals surface area (Å²) in [5.41, 5.74) is 1.90. The smallest absolute Gasteiger partial charge is 0.346 e. The number of ether oxygens (including phenoxy) is 1. The van der Waals surface area contributed by atoms with Gasteiger partial charge in [0.15, 0.2) is 0 Å². The molecule has 2 aliphatic rings. The van der Waals surface area contributed by atoms with Crippen molar-refractivity contribution in [3.63, 3.8) is 0 Å². The number of carboxylic acids is 1. The van der Waals surface area contributed by atoms with Crippen molar-refractivity contribution in [2.75, 3.05) is 7.11 Å². The zero-order valence-corrected chi connectivity index (χ0v) is 20.6. The first-order valence-corrected chi connectivity index (χ1v) is 13.3. The third-order valence-corrected chi connectivity index (χ3v) is 9.11. The summed E-state index contributed by atoms with van der Waals surface area (Å²) >= 11 is 1.35. The van der Waals surface area contributed by atoms with Gasteiger partial charge in [0.05, 0.1) is 6.10 Å². The summed E-state index contributed by atoms with van der Waals surface area (Å²) in [4.78, 5) is 27.1. The fraction of sp³-hybridized carbons (Fsp3) is 0.571. The van der Waals surface area contributed by atoms with Gasteiger partial charge in [0.1, 0.15) is 10.7 Å². The molecule has 1 aromatic carbocycles. The van der Waals surface area contributed by atoms with Crippen LogP contribution in [0.5, 0.6) is 0 Å². The van der Waals surface area contributed by atoms with Crippen LogP contribution in [0.3, 0.4) is 0 Å². The number of ketones is 1. The average molecular weight is 469 g/mol. The Kier molecular flexibility index (Phi) is 8.02. The molecule has 0 spiro atoms. The van der Waals surface area contributed by atoms with E-state index in [1.54, 1.807) is 7.11 Å². The van der Waals surface area contributed by atoms with E-state index in [1.165, 1.54) is 11.3 Å². The highest BCUT2D eigenvalue weighted by atomic mass is 32.1. The molecule has 0 bridgehead atoms. The van der Waals surface area contributed by atoms with Gasteiger partial charge >= 0.3 is 5.97 Å². The lowest BCUT2D eigenvalue weighted by Crippen LogP contribution is -2.29. The molecular weight excluding hydrogens is 432 g/mol. The normalized spacial score (nSPS) is 26.6. The summed E-state index contributed by atoms with van der Waals surface area (Å²) in [6, 6.07) is 12.0. The van der Waals surface area contributed by atoms with Crippen molar-refractivity contribution in [1.29, 1.82) is 0 Å². The second-order valence-corrected chi connectivity index (χ2v) is 11.1. The summed E-state index contributed by atoms with van der Waals surface area (Å²) in [6.07, 6.45) is 8.86. The molecule has 1 N–H and O–H groups in total. The zero-order chi connectivity index (χ0) is 23.4. The first kappa shape index (κ1) is 24.2. The van der Waals surface area contributed by atoms with Crippen molar-refractivity contribution in [1.82, 2.24) is 0 Å². The third kappa shape index (κ3) is 5.75. The Morgan fingerprint density at radius 3 is 2.30 bits per heavy atom. The number of carboxylic acid groups (broad SMARTS) is 1. The van der Waals surface area contributed by atoms with E-state index in [4.69, 9.17) is 4.74 Å². The first-order chi connectivity index (χ1) is 16.0. The molecule has 1 atom stereocenters. The van der Waals surface area contributed by atoms with E-state index in [-0.39, 0.29) is 17.9 Å². The highest BCUT2D eigenvalue weighted by Gasteiger charge is 2.35. The number of benzene rings is 1. The number of aromatic carboxylic acids is 1. The van der Waals surface area contributed by atoms with E-state index >= 15 is 0 Å². The second-order valence-electron chi connectivity index (χ2n) is 10.1. The number of carbonyl (C=O) groups is 2. The van der Waals surface area contributed by atoms with Crippen LogP contribution in [0.2, 0.25) is 0 Å². The van der Waals surface area contributed by atoms with Gasteiger partial charge in [-0.2, -0.15) is 0 Å². The van der Waals surface area contributed by atoms with E-state index < -0.39 is 5.97 Å². The zero-order valence-electron chi connectivity index (χ0n) is 19.8. The van der Waals surface area contributed by atoms with E-state index in [9.17, 15) is 14.7 Å². The lowest BCUT2D eigenvalue weighted by Gasteiger charge is -2.34. The lowest BCUT2D eigenvalue weighted by molar-refractivity contribution is -0.124. The quantitative estimate of drug-likeness (QED) is 0.445. The average Bonchev–Trinajstić information content (AvgIpc) is 3.29. The number of carbonyl (C=O) groups excluding carboxylic acids is 1. The number of hydrogen-bond donors (Lipinski definition) is 1. The van der Waals surface area contributed by atoms with Crippen LogP contribution < -0.4 is 0 Å². The Balaban J connectivity index is 1.64. The van der Waals surface area contributed by atoms with Gasteiger partial charge in [-0.1, -0.05) is 50.1 Å². The van der Waals surface area contributed by atoms with Crippen molar-refractivity contribution < 1.29 is 19.4 Å². The first-order valence-electron chi connectivity index (χ1n) is 12.4. The van der Waals surface area contributed by atoms with Gasteiger partial charge in [-0.3, -0.25) is 4.79 Å². The van der Waals surface area contributed by atoms with Crippen LogP contribution in [0.15, 0.2) is 36.4 Å². The molecule has 1 heterocycles. The number of methoxy groups -OCH3 is 1. The predicted molar refractivity (Wildman–Crippen MR) is 133 cm³/mol. The standard InChI is InChI=1S/C28H36O4S/c1-18-8-10-20(11-9-18)25(29)16-23(19-12-14-22(32-2)15-13-19)24-17-26(33-27(24)28(30)31)21-6-4-3-5-7-21/h3-7,17-20,22-23H,8-16H2,1-2H3,(H,30,31)/t18?,19?,20?,22?,23-/m0/s1. The van der Waals surface area contributed by atoms with Crippen molar-refractivity contribution in [2.24, 2.45) is 17.8 Å². The Morgan fingerprint density at radius 2 is 1.70 bits per heavy atom. The summed E-state index contributed by atoms with van der Waals surface area (Å²) < 4.78 is 5.58. The van der Waals surface area contributed by atoms with Gasteiger partial charge < -0.3 is 9.84 Å². The number of thiophene rings is 1. The molecule has 4 rings (SSSR count). The SMILES string of the molecule is COC1CCC([C@H](CC(=O)C2CCC(C)CC2)c2cc(-c3ccccc3)sc2C(=O)O)CC1. The molecule has 2 aromatic rings. The Hall–Kier alpha value is -1.98. The molecule has 0 saturated heterocycles. The van der Waals surface area contributed by atoms with Gasteiger partial charge in [-0.05, 0) is 73.5 Å². The fourth-order valence-corrected chi connectivity index (χ4v) is 6.89. The highest BCUT2D eigenvalue weighted by molar-refractivity contribution is 7.17. The van der Waals surface area contributed by atoms with Gasteiger partial charge in [0.2, 0.25) is 0 Å². The maximum atomic E-state index is 13.4. The number of Topliss-reactive ketones (excluding diaryl/α,β-unsaturated/α-hetero) is 1. The molecular formula is C28H36O4S. The number of rotatable bonds is 8. The molecule has 2 fully saturated rings. The van der Waals surface area contributed by atoms with Crippen molar-refractivity contribution in [3.05, 3.63) is 46.8 Å². The Bertz CT molecular complexity index is 934. The predicted octanol–water partition coefficient (Wildman–Crippen LogP) is 7.19. The van der Waals surface area contributed by atoms with E-state index in [0.29, 0.717) is 28.9 Å². The van der Waals surface area contributed by atoms with Gasteiger partial charge in [0.25, 0.3) is 0 Å². The minimum atomic E-state index is -0.883. The molecule has 0 radical (unpaired) electrons. The van der Waals surface area contributed by atoms with E-state index in [1.807, 2.05) is 30.3 Å². The summed E-state index contributed by atoms with van der Waals surface area (Å²) in [7, 11) is 1.77. The molecule has 4 nitrogen and oxygen atoms in total. The summed E-state index contributed by atoms with van der Waals surface area (Å²) in [5.74, 6) is 0.586. The Labute approximate surface area is 201 Å². The van der Waals surface area contributed by atoms with E-state index in [2.05, 4.69) is 13.0 Å². The molecule has 33 heavy (non-hydrogen) atoms. The molecule has 0 aliphatic heterocycles. The highest BCUT2D eigenvalue weighted by Crippen LogP contribution is 2.45. The Morgan fingerprint density at radius 1 is 1.03 bits per heavy atom. The summed E-state index contributed by atoms with van der Waals surface area (Å²) in [5, 5.41) is 10.1. The molecule has 1 aromatic heterocycles. The number of hydrogen-bond acceptors (Lipinski definition) is 4. The minimum Gasteiger partial charge on any atom is -0.477 e. The second kappa shape index (κ2) is 11.0.